The molecule has 118 valence electrons. The van der Waals surface area contributed by atoms with Crippen LogP contribution in [0.2, 0.25) is 0 Å². The molecule has 2 aromatic carbocycles. The molecule has 0 bridgehead atoms. The minimum Gasteiger partial charge on any atom is -0.466 e. The standard InChI is InChI=1S/C18H17NO4/c1-18(17(21)22-2)16(20)19(12-13-8-4-3-5-9-13)14-10-6-7-11-15(14)23-18/h3-11H,12H2,1-2H3. The topological polar surface area (TPSA) is 55.8 Å². The summed E-state index contributed by atoms with van der Waals surface area (Å²) in [5, 5.41) is 0. The second-order valence-electron chi connectivity index (χ2n) is 5.47. The molecule has 1 amide bonds. The van der Waals surface area contributed by atoms with Gasteiger partial charge in [-0.15, -0.1) is 0 Å². The Morgan fingerprint density at radius 3 is 2.48 bits per heavy atom. The molecule has 23 heavy (non-hydrogen) atoms. The Labute approximate surface area is 134 Å². The summed E-state index contributed by atoms with van der Waals surface area (Å²) >= 11 is 0. The lowest BCUT2D eigenvalue weighted by Gasteiger charge is -2.38. The van der Waals surface area contributed by atoms with Gasteiger partial charge in [0.2, 0.25) is 0 Å². The van der Waals surface area contributed by atoms with Gasteiger partial charge in [-0.3, -0.25) is 4.79 Å². The number of methoxy groups -OCH3 is 1. The third kappa shape index (κ3) is 2.54. The molecule has 0 saturated heterocycles. The first kappa shape index (κ1) is 15.1. The number of carbonyl (C=O) groups excluding carboxylic acids is 2. The number of benzene rings is 2. The van der Waals surface area contributed by atoms with Crippen LogP contribution in [0.3, 0.4) is 0 Å². The minimum absolute atomic E-state index is 0.354. The molecule has 1 heterocycles. The van der Waals surface area contributed by atoms with Gasteiger partial charge in [0, 0.05) is 0 Å². The predicted molar refractivity (Wildman–Crippen MR) is 85.1 cm³/mol. The molecule has 0 radical (unpaired) electrons. The lowest BCUT2D eigenvalue weighted by atomic mass is 10.0. The van der Waals surface area contributed by atoms with Crippen LogP contribution in [0.1, 0.15) is 12.5 Å². The molecule has 0 aromatic heterocycles. The van der Waals surface area contributed by atoms with E-state index in [-0.39, 0.29) is 0 Å². The predicted octanol–water partition coefficient (Wildman–Crippen LogP) is 2.54. The van der Waals surface area contributed by atoms with Gasteiger partial charge in [0.1, 0.15) is 5.75 Å². The molecule has 1 aliphatic heterocycles. The number of nitrogens with zero attached hydrogens (tertiary/aromatic N) is 1. The molecule has 1 unspecified atom stereocenters. The first-order valence-electron chi connectivity index (χ1n) is 7.28. The number of amides is 1. The number of hydrogen-bond acceptors (Lipinski definition) is 4. The molecule has 1 atom stereocenters. The summed E-state index contributed by atoms with van der Waals surface area (Å²) in [5.41, 5.74) is -0.0785. The SMILES string of the molecule is COC(=O)C1(C)Oc2ccccc2N(Cc2ccccc2)C1=O. The van der Waals surface area contributed by atoms with Crippen LogP contribution in [0.15, 0.2) is 54.6 Å². The summed E-state index contributed by atoms with van der Waals surface area (Å²) in [6, 6.07) is 16.8. The van der Waals surface area contributed by atoms with E-state index in [1.807, 2.05) is 36.4 Å². The van der Waals surface area contributed by atoms with E-state index in [4.69, 9.17) is 9.47 Å². The van der Waals surface area contributed by atoms with Crippen LogP contribution >= 0.6 is 0 Å². The number of rotatable bonds is 3. The van der Waals surface area contributed by atoms with E-state index in [1.54, 1.807) is 23.1 Å². The molecular weight excluding hydrogens is 294 g/mol. The fourth-order valence-electron chi connectivity index (χ4n) is 2.64. The van der Waals surface area contributed by atoms with Crippen molar-refractivity contribution in [2.75, 3.05) is 12.0 Å². The van der Waals surface area contributed by atoms with Crippen molar-refractivity contribution in [3.63, 3.8) is 0 Å². The first-order chi connectivity index (χ1) is 11.1. The van der Waals surface area contributed by atoms with Crippen molar-refractivity contribution in [3.05, 3.63) is 60.2 Å². The summed E-state index contributed by atoms with van der Waals surface area (Å²) in [6.07, 6.45) is 0. The Kier molecular flexibility index (Phi) is 3.78. The van der Waals surface area contributed by atoms with Gasteiger partial charge in [-0.1, -0.05) is 42.5 Å². The number of carbonyl (C=O) groups is 2. The maximum atomic E-state index is 12.9. The first-order valence-corrected chi connectivity index (χ1v) is 7.28. The largest absolute Gasteiger partial charge is 0.466 e. The molecule has 0 spiro atoms. The Balaban J connectivity index is 2.05. The summed E-state index contributed by atoms with van der Waals surface area (Å²) in [6.45, 7) is 1.79. The van der Waals surface area contributed by atoms with Gasteiger partial charge >= 0.3 is 5.97 Å². The number of esters is 1. The van der Waals surface area contributed by atoms with Crippen LogP contribution in [0, 0.1) is 0 Å². The number of para-hydroxylation sites is 2. The summed E-state index contributed by atoms with van der Waals surface area (Å²) in [5.74, 6) is -0.669. The van der Waals surface area contributed by atoms with Crippen LogP contribution in [-0.4, -0.2) is 24.6 Å². The highest BCUT2D eigenvalue weighted by atomic mass is 16.6. The Morgan fingerprint density at radius 1 is 1.13 bits per heavy atom. The molecular formula is C18H17NO4. The van der Waals surface area contributed by atoms with Gasteiger partial charge in [-0.05, 0) is 24.6 Å². The fourth-order valence-corrected chi connectivity index (χ4v) is 2.64. The highest BCUT2D eigenvalue weighted by Gasteiger charge is 2.51. The molecule has 1 aliphatic rings. The van der Waals surface area contributed by atoms with Gasteiger partial charge in [-0.2, -0.15) is 0 Å². The lowest BCUT2D eigenvalue weighted by molar-refractivity contribution is -0.164. The van der Waals surface area contributed by atoms with Gasteiger partial charge in [0.15, 0.2) is 0 Å². The Hall–Kier alpha value is -2.82. The number of anilines is 1. The third-order valence-electron chi connectivity index (χ3n) is 3.88. The van der Waals surface area contributed by atoms with Gasteiger partial charge in [0.25, 0.3) is 11.5 Å². The quantitative estimate of drug-likeness (QED) is 0.646. The zero-order chi connectivity index (χ0) is 16.4. The molecule has 0 saturated carbocycles. The number of fused-ring (bicyclic) bond motifs is 1. The van der Waals surface area contributed by atoms with E-state index in [0.717, 1.165) is 5.56 Å². The van der Waals surface area contributed by atoms with Crippen molar-refractivity contribution in [2.24, 2.45) is 0 Å². The third-order valence-corrected chi connectivity index (χ3v) is 3.88. The van der Waals surface area contributed by atoms with E-state index in [2.05, 4.69) is 0 Å². The second-order valence-corrected chi connectivity index (χ2v) is 5.47. The van der Waals surface area contributed by atoms with Gasteiger partial charge < -0.3 is 14.4 Å². The lowest BCUT2D eigenvalue weighted by Crippen LogP contribution is -2.59. The highest BCUT2D eigenvalue weighted by Crippen LogP contribution is 2.38. The Bertz CT molecular complexity index is 744. The van der Waals surface area contributed by atoms with Crippen LogP contribution in [0.5, 0.6) is 5.75 Å². The maximum Gasteiger partial charge on any atom is 0.359 e. The summed E-state index contributed by atoms with van der Waals surface area (Å²) in [4.78, 5) is 26.6. The van der Waals surface area contributed by atoms with E-state index < -0.39 is 17.5 Å². The van der Waals surface area contributed by atoms with Gasteiger partial charge in [0.05, 0.1) is 19.3 Å². The zero-order valence-corrected chi connectivity index (χ0v) is 13.0. The molecule has 0 fully saturated rings. The molecule has 5 nitrogen and oxygen atoms in total. The summed E-state index contributed by atoms with van der Waals surface area (Å²) < 4.78 is 10.5. The average Bonchev–Trinajstić information content (AvgIpc) is 2.59. The van der Waals surface area contributed by atoms with Crippen LogP contribution in [0.25, 0.3) is 0 Å². The molecule has 0 N–H and O–H groups in total. The number of ether oxygens (including phenoxy) is 2. The van der Waals surface area contributed by atoms with Crippen molar-refractivity contribution in [2.45, 2.75) is 19.1 Å². The maximum absolute atomic E-state index is 12.9. The van der Waals surface area contributed by atoms with Crippen LogP contribution in [0.4, 0.5) is 5.69 Å². The monoisotopic (exact) mass is 311 g/mol. The average molecular weight is 311 g/mol. The van der Waals surface area contributed by atoms with Crippen molar-refractivity contribution in [1.82, 2.24) is 0 Å². The highest BCUT2D eigenvalue weighted by molar-refractivity contribution is 6.14. The molecule has 2 aromatic rings. The number of hydrogen-bond donors (Lipinski definition) is 0. The summed E-state index contributed by atoms with van der Waals surface area (Å²) in [7, 11) is 1.24. The van der Waals surface area contributed by atoms with Crippen molar-refractivity contribution < 1.29 is 19.1 Å². The second kappa shape index (κ2) is 5.76. The zero-order valence-electron chi connectivity index (χ0n) is 13.0. The van der Waals surface area contributed by atoms with E-state index in [9.17, 15) is 9.59 Å². The van der Waals surface area contributed by atoms with Gasteiger partial charge in [-0.25, -0.2) is 4.79 Å². The molecule has 3 rings (SSSR count). The van der Waals surface area contributed by atoms with Crippen LogP contribution in [-0.2, 0) is 20.9 Å². The fraction of sp³-hybridized carbons (Fsp3) is 0.222. The molecule has 0 aliphatic carbocycles. The minimum atomic E-state index is -1.68. The smallest absolute Gasteiger partial charge is 0.359 e. The van der Waals surface area contributed by atoms with Crippen molar-refractivity contribution in [3.8, 4) is 5.75 Å². The van der Waals surface area contributed by atoms with Crippen molar-refractivity contribution in [1.29, 1.82) is 0 Å². The normalized spacial score (nSPS) is 19.7. The van der Waals surface area contributed by atoms with E-state index in [1.165, 1.54) is 14.0 Å². The van der Waals surface area contributed by atoms with Crippen molar-refractivity contribution >= 4 is 17.6 Å². The van der Waals surface area contributed by atoms with E-state index >= 15 is 0 Å². The Morgan fingerprint density at radius 2 is 1.78 bits per heavy atom. The van der Waals surface area contributed by atoms with E-state index in [0.29, 0.717) is 18.0 Å². The van der Waals surface area contributed by atoms with Crippen LogP contribution < -0.4 is 9.64 Å². The molecule has 5 heteroatoms.